The number of benzene rings is 3. The fourth-order valence-corrected chi connectivity index (χ4v) is 4.11. The molecule has 0 radical (unpaired) electrons. The summed E-state index contributed by atoms with van der Waals surface area (Å²) >= 11 is 6.21. The van der Waals surface area contributed by atoms with Crippen LogP contribution in [0.15, 0.2) is 54.6 Å². The lowest BCUT2D eigenvalue weighted by molar-refractivity contribution is 0.471. The van der Waals surface area contributed by atoms with Crippen LogP contribution in [0.1, 0.15) is 51.3 Å². The molecule has 0 heterocycles. The minimum absolute atomic E-state index is 0.00854. The van der Waals surface area contributed by atoms with Crippen LogP contribution >= 0.6 is 11.6 Å². The summed E-state index contributed by atoms with van der Waals surface area (Å²) in [6.07, 6.45) is 0. The highest BCUT2D eigenvalue weighted by atomic mass is 35.5. The standard InChI is InChI=1S/C25H24ClFO/c1-24(2,3)15-12-21(27)23(26)22(13-15)28-16-10-11-20-18(14-16)17-8-6-7-9-19(17)25(20,4)5/h6-14H,1-5H3. The summed E-state index contributed by atoms with van der Waals surface area (Å²) in [7, 11) is 0. The number of hydrogen-bond donors (Lipinski definition) is 0. The molecular formula is C25H24ClFO. The molecule has 144 valence electrons. The fraction of sp³-hybridized carbons (Fsp3) is 0.280. The second kappa shape index (κ2) is 6.35. The van der Waals surface area contributed by atoms with Gasteiger partial charge in [0.15, 0.2) is 0 Å². The average Bonchev–Trinajstić information content (AvgIpc) is 2.86. The highest BCUT2D eigenvalue weighted by Crippen LogP contribution is 2.50. The topological polar surface area (TPSA) is 9.23 Å². The Hall–Kier alpha value is -2.32. The molecule has 0 atom stereocenters. The van der Waals surface area contributed by atoms with E-state index in [1.165, 1.54) is 22.8 Å². The third-order valence-corrected chi connectivity index (χ3v) is 6.01. The Balaban J connectivity index is 1.78. The summed E-state index contributed by atoms with van der Waals surface area (Å²) in [5.41, 5.74) is 5.53. The van der Waals surface area contributed by atoms with Crippen LogP contribution in [0.5, 0.6) is 11.5 Å². The van der Waals surface area contributed by atoms with Crippen molar-refractivity contribution in [2.24, 2.45) is 0 Å². The van der Waals surface area contributed by atoms with Gasteiger partial charge in [-0.05, 0) is 57.5 Å². The van der Waals surface area contributed by atoms with Gasteiger partial charge in [0.25, 0.3) is 0 Å². The fourth-order valence-electron chi connectivity index (χ4n) is 3.96. The van der Waals surface area contributed by atoms with Gasteiger partial charge in [-0.15, -0.1) is 0 Å². The second-order valence-corrected chi connectivity index (χ2v) is 9.38. The van der Waals surface area contributed by atoms with Gasteiger partial charge < -0.3 is 4.74 Å². The van der Waals surface area contributed by atoms with Crippen molar-refractivity contribution in [3.05, 3.63) is 82.1 Å². The summed E-state index contributed by atoms with van der Waals surface area (Å²) < 4.78 is 20.4. The first-order valence-electron chi connectivity index (χ1n) is 9.51. The lowest BCUT2D eigenvalue weighted by Gasteiger charge is -2.22. The van der Waals surface area contributed by atoms with E-state index in [2.05, 4.69) is 44.2 Å². The summed E-state index contributed by atoms with van der Waals surface area (Å²) in [6, 6.07) is 17.8. The number of ether oxygens (including phenoxy) is 1. The molecule has 0 spiro atoms. The predicted octanol–water partition coefficient (Wildman–Crippen LogP) is 7.88. The Labute approximate surface area is 171 Å². The highest BCUT2D eigenvalue weighted by Gasteiger charge is 2.35. The van der Waals surface area contributed by atoms with Crippen LogP contribution in [0, 0.1) is 5.82 Å². The molecule has 0 N–H and O–H groups in total. The van der Waals surface area contributed by atoms with E-state index in [1.807, 2.05) is 39.0 Å². The Kier molecular flexibility index (Phi) is 4.31. The van der Waals surface area contributed by atoms with Gasteiger partial charge in [0.1, 0.15) is 22.3 Å². The first kappa shape index (κ1) is 19.0. The molecule has 3 aromatic rings. The van der Waals surface area contributed by atoms with Crippen LogP contribution in [-0.4, -0.2) is 0 Å². The molecule has 0 saturated heterocycles. The van der Waals surface area contributed by atoms with Crippen LogP contribution in [0.4, 0.5) is 4.39 Å². The molecule has 1 aliphatic rings. The zero-order valence-electron chi connectivity index (χ0n) is 16.9. The van der Waals surface area contributed by atoms with Gasteiger partial charge in [-0.2, -0.15) is 0 Å². The van der Waals surface area contributed by atoms with E-state index in [0.717, 1.165) is 11.1 Å². The number of hydrogen-bond acceptors (Lipinski definition) is 1. The maximum Gasteiger partial charge on any atom is 0.149 e. The molecule has 28 heavy (non-hydrogen) atoms. The van der Waals surface area contributed by atoms with Crippen molar-refractivity contribution >= 4 is 11.6 Å². The average molecular weight is 395 g/mol. The van der Waals surface area contributed by atoms with Crippen LogP contribution in [0.3, 0.4) is 0 Å². The Bertz CT molecular complexity index is 1080. The zero-order valence-corrected chi connectivity index (χ0v) is 17.6. The predicted molar refractivity (Wildman–Crippen MR) is 114 cm³/mol. The molecular weight excluding hydrogens is 371 g/mol. The monoisotopic (exact) mass is 394 g/mol. The second-order valence-electron chi connectivity index (χ2n) is 9.00. The van der Waals surface area contributed by atoms with Gasteiger partial charge in [-0.3, -0.25) is 0 Å². The minimum Gasteiger partial charge on any atom is -0.456 e. The molecule has 3 aromatic carbocycles. The van der Waals surface area contributed by atoms with Gasteiger partial charge in [0.05, 0.1) is 0 Å². The molecule has 1 aliphatic carbocycles. The molecule has 0 aliphatic heterocycles. The number of rotatable bonds is 2. The van der Waals surface area contributed by atoms with Crippen molar-refractivity contribution in [2.75, 3.05) is 0 Å². The molecule has 1 nitrogen and oxygen atoms in total. The summed E-state index contributed by atoms with van der Waals surface area (Å²) in [5, 5.41) is 0.00854. The zero-order chi connectivity index (χ0) is 20.3. The van der Waals surface area contributed by atoms with Crippen LogP contribution in [0.25, 0.3) is 11.1 Å². The Morgan fingerprint density at radius 2 is 1.57 bits per heavy atom. The van der Waals surface area contributed by atoms with E-state index in [0.29, 0.717) is 11.5 Å². The van der Waals surface area contributed by atoms with Gasteiger partial charge in [-0.1, -0.05) is 76.6 Å². The van der Waals surface area contributed by atoms with Gasteiger partial charge >= 0.3 is 0 Å². The summed E-state index contributed by atoms with van der Waals surface area (Å²) in [6.45, 7) is 10.6. The van der Waals surface area contributed by atoms with E-state index < -0.39 is 5.82 Å². The molecule has 0 aromatic heterocycles. The summed E-state index contributed by atoms with van der Waals surface area (Å²) in [4.78, 5) is 0. The smallest absolute Gasteiger partial charge is 0.149 e. The maximum absolute atomic E-state index is 14.4. The van der Waals surface area contributed by atoms with Crippen LogP contribution in [0.2, 0.25) is 5.02 Å². The summed E-state index contributed by atoms with van der Waals surface area (Å²) in [5.74, 6) is 0.535. The first-order chi connectivity index (χ1) is 13.1. The molecule has 0 bridgehead atoms. The minimum atomic E-state index is -0.461. The number of fused-ring (bicyclic) bond motifs is 3. The van der Waals surface area contributed by atoms with Crippen molar-refractivity contribution < 1.29 is 9.13 Å². The molecule has 0 unspecified atom stereocenters. The molecule has 0 fully saturated rings. The SMILES string of the molecule is CC(C)(C)c1cc(F)c(Cl)c(Oc2ccc3c(c2)-c2ccccc2C3(C)C)c1. The van der Waals surface area contributed by atoms with E-state index in [4.69, 9.17) is 16.3 Å². The van der Waals surface area contributed by atoms with Crippen molar-refractivity contribution in [3.63, 3.8) is 0 Å². The van der Waals surface area contributed by atoms with Crippen molar-refractivity contribution in [1.29, 1.82) is 0 Å². The molecule has 4 rings (SSSR count). The Morgan fingerprint density at radius 3 is 2.29 bits per heavy atom. The van der Waals surface area contributed by atoms with Crippen LogP contribution < -0.4 is 4.74 Å². The van der Waals surface area contributed by atoms with Crippen molar-refractivity contribution in [2.45, 2.75) is 45.4 Å². The van der Waals surface area contributed by atoms with E-state index in [1.54, 1.807) is 0 Å². The van der Waals surface area contributed by atoms with E-state index >= 15 is 0 Å². The maximum atomic E-state index is 14.4. The third kappa shape index (κ3) is 3.00. The largest absolute Gasteiger partial charge is 0.456 e. The Morgan fingerprint density at radius 1 is 0.893 bits per heavy atom. The quantitative estimate of drug-likeness (QED) is 0.429. The van der Waals surface area contributed by atoms with Crippen molar-refractivity contribution in [3.8, 4) is 22.6 Å². The first-order valence-corrected chi connectivity index (χ1v) is 9.88. The molecule has 0 saturated carbocycles. The highest BCUT2D eigenvalue weighted by molar-refractivity contribution is 6.32. The lowest BCUT2D eigenvalue weighted by Crippen LogP contribution is -2.14. The molecule has 0 amide bonds. The van der Waals surface area contributed by atoms with E-state index in [9.17, 15) is 4.39 Å². The number of halogens is 2. The normalized spacial score (nSPS) is 14.5. The van der Waals surface area contributed by atoms with Gasteiger partial charge in [0, 0.05) is 5.41 Å². The van der Waals surface area contributed by atoms with E-state index in [-0.39, 0.29) is 15.9 Å². The lowest BCUT2D eigenvalue weighted by atomic mass is 9.82. The molecule has 3 heteroatoms. The third-order valence-electron chi connectivity index (χ3n) is 5.64. The van der Waals surface area contributed by atoms with Crippen molar-refractivity contribution in [1.82, 2.24) is 0 Å². The van der Waals surface area contributed by atoms with Crippen LogP contribution in [-0.2, 0) is 10.8 Å². The van der Waals surface area contributed by atoms with Gasteiger partial charge in [0.2, 0.25) is 0 Å². The van der Waals surface area contributed by atoms with Gasteiger partial charge in [-0.25, -0.2) is 4.39 Å².